The second kappa shape index (κ2) is 10.2. The first kappa shape index (κ1) is 24.2. The van der Waals surface area contributed by atoms with Gasteiger partial charge in [-0.2, -0.15) is 0 Å². The molecular weight excluding hydrogens is 458 g/mol. The smallest absolute Gasteiger partial charge is 0.315 e. The molecule has 8 heteroatoms. The number of amides is 1. The summed E-state index contributed by atoms with van der Waals surface area (Å²) in [5.74, 6) is 1.00. The number of para-hydroxylation sites is 1. The van der Waals surface area contributed by atoms with Crippen molar-refractivity contribution in [2.24, 2.45) is 0 Å². The van der Waals surface area contributed by atoms with E-state index in [9.17, 15) is 9.59 Å². The Kier molecular flexibility index (Phi) is 6.87. The van der Waals surface area contributed by atoms with Gasteiger partial charge in [0, 0.05) is 42.8 Å². The fourth-order valence-electron chi connectivity index (χ4n) is 5.67. The van der Waals surface area contributed by atoms with Gasteiger partial charge in [0.25, 0.3) is 0 Å². The van der Waals surface area contributed by atoms with Crippen LogP contribution in [0.25, 0.3) is 10.9 Å². The highest BCUT2D eigenvalue weighted by molar-refractivity contribution is 5.95. The number of fused-ring (bicyclic) bond motifs is 4. The maximum absolute atomic E-state index is 13.4. The molecule has 2 aromatic carbocycles. The third kappa shape index (κ3) is 4.53. The number of benzene rings is 2. The molecule has 1 aromatic heterocycles. The zero-order valence-electron chi connectivity index (χ0n) is 20.9. The molecular formula is C28H33N3O5. The number of methoxy groups -OCH3 is 1. The summed E-state index contributed by atoms with van der Waals surface area (Å²) in [5.41, 5.74) is 2.80. The maximum Gasteiger partial charge on any atom is 0.315 e. The van der Waals surface area contributed by atoms with Crippen molar-refractivity contribution in [3.05, 3.63) is 59.8 Å². The Morgan fingerprint density at radius 2 is 1.92 bits per heavy atom. The highest BCUT2D eigenvalue weighted by Crippen LogP contribution is 2.45. The molecule has 3 heterocycles. The first-order valence-corrected chi connectivity index (χ1v) is 12.6. The quantitative estimate of drug-likeness (QED) is 0.384. The minimum absolute atomic E-state index is 0.183. The van der Waals surface area contributed by atoms with Gasteiger partial charge in [0.05, 0.1) is 19.3 Å². The van der Waals surface area contributed by atoms with Crippen LogP contribution in [-0.4, -0.2) is 73.2 Å². The van der Waals surface area contributed by atoms with Crippen LogP contribution in [0.15, 0.2) is 48.5 Å². The molecule has 1 spiro atoms. The molecule has 2 aliphatic rings. The van der Waals surface area contributed by atoms with Gasteiger partial charge >= 0.3 is 5.97 Å². The molecule has 0 saturated carbocycles. The van der Waals surface area contributed by atoms with E-state index in [4.69, 9.17) is 14.2 Å². The number of H-pyrrole nitrogens is 1. The molecule has 3 aromatic rings. The Labute approximate surface area is 211 Å². The molecule has 0 radical (unpaired) electrons. The van der Waals surface area contributed by atoms with Crippen LogP contribution in [0, 0.1) is 0 Å². The third-order valence-corrected chi connectivity index (χ3v) is 7.33. The average molecular weight is 492 g/mol. The standard InChI is InChI=1S/C28H33N3O5/c1-3-35-26(33)18-25(32)31-13-11-22-23-17-21(34-2)9-10-24(23)29-27(22)28(31)12-14-30(19-28)15-16-36-20-7-5-4-6-8-20/h4-10,17,29H,3,11-16,18-19H2,1-2H3. The van der Waals surface area contributed by atoms with Crippen molar-refractivity contribution >= 4 is 22.8 Å². The van der Waals surface area contributed by atoms with Crippen molar-refractivity contribution in [2.45, 2.75) is 31.7 Å². The molecule has 190 valence electrons. The van der Waals surface area contributed by atoms with Crippen molar-refractivity contribution < 1.29 is 23.8 Å². The lowest BCUT2D eigenvalue weighted by Crippen LogP contribution is -2.55. The van der Waals surface area contributed by atoms with Crippen molar-refractivity contribution in [1.29, 1.82) is 0 Å². The molecule has 1 fully saturated rings. The molecule has 1 N–H and O–H groups in total. The molecule has 0 aliphatic carbocycles. The number of carbonyl (C=O) groups is 2. The summed E-state index contributed by atoms with van der Waals surface area (Å²) >= 11 is 0. The van der Waals surface area contributed by atoms with Crippen LogP contribution in [0.4, 0.5) is 0 Å². The Hall–Kier alpha value is -3.52. The van der Waals surface area contributed by atoms with Gasteiger partial charge < -0.3 is 24.1 Å². The number of aromatic nitrogens is 1. The molecule has 1 amide bonds. The van der Waals surface area contributed by atoms with Crippen LogP contribution in [-0.2, 0) is 26.3 Å². The van der Waals surface area contributed by atoms with Crippen LogP contribution in [0.3, 0.4) is 0 Å². The SMILES string of the molecule is CCOC(=O)CC(=O)N1CCc2c([nH]c3ccc(OC)cc23)C12CCN(CCOc1ccccc1)C2. The summed E-state index contributed by atoms with van der Waals surface area (Å²) in [7, 11) is 1.67. The van der Waals surface area contributed by atoms with Gasteiger partial charge in [0.15, 0.2) is 0 Å². The first-order valence-electron chi connectivity index (χ1n) is 12.6. The minimum Gasteiger partial charge on any atom is -0.497 e. The Bertz CT molecular complexity index is 1240. The van der Waals surface area contributed by atoms with E-state index >= 15 is 0 Å². The topological polar surface area (TPSA) is 84.1 Å². The highest BCUT2D eigenvalue weighted by Gasteiger charge is 2.51. The lowest BCUT2D eigenvalue weighted by molar-refractivity contribution is -0.151. The van der Waals surface area contributed by atoms with Crippen molar-refractivity contribution in [3.63, 3.8) is 0 Å². The van der Waals surface area contributed by atoms with Crippen molar-refractivity contribution in [1.82, 2.24) is 14.8 Å². The van der Waals surface area contributed by atoms with E-state index in [0.29, 0.717) is 19.7 Å². The molecule has 1 atom stereocenters. The lowest BCUT2D eigenvalue weighted by Gasteiger charge is -2.45. The normalized spacial score (nSPS) is 19.4. The number of esters is 1. The largest absolute Gasteiger partial charge is 0.497 e. The molecule has 2 aliphatic heterocycles. The summed E-state index contributed by atoms with van der Waals surface area (Å²) < 4.78 is 16.5. The number of nitrogens with one attached hydrogen (secondary N) is 1. The zero-order chi connectivity index (χ0) is 25.1. The van der Waals surface area contributed by atoms with Gasteiger partial charge in [-0.15, -0.1) is 0 Å². The van der Waals surface area contributed by atoms with E-state index in [0.717, 1.165) is 54.0 Å². The number of hydrogen-bond acceptors (Lipinski definition) is 6. The van der Waals surface area contributed by atoms with E-state index in [1.165, 1.54) is 5.56 Å². The fraction of sp³-hybridized carbons (Fsp3) is 0.429. The summed E-state index contributed by atoms with van der Waals surface area (Å²) in [6.07, 6.45) is 1.26. The van der Waals surface area contributed by atoms with Crippen LogP contribution >= 0.6 is 0 Å². The van der Waals surface area contributed by atoms with Gasteiger partial charge in [-0.1, -0.05) is 18.2 Å². The second-order valence-electron chi connectivity index (χ2n) is 9.39. The van der Waals surface area contributed by atoms with Gasteiger partial charge in [0.2, 0.25) is 5.91 Å². The number of aromatic amines is 1. The third-order valence-electron chi connectivity index (χ3n) is 7.33. The first-order chi connectivity index (χ1) is 17.5. The van der Waals surface area contributed by atoms with E-state index in [1.54, 1.807) is 14.0 Å². The fourth-order valence-corrected chi connectivity index (χ4v) is 5.67. The minimum atomic E-state index is -0.532. The summed E-state index contributed by atoms with van der Waals surface area (Å²) in [6, 6.07) is 15.8. The Morgan fingerprint density at radius 3 is 2.69 bits per heavy atom. The van der Waals surface area contributed by atoms with E-state index in [1.807, 2.05) is 47.4 Å². The van der Waals surface area contributed by atoms with Crippen molar-refractivity contribution in [2.75, 3.05) is 46.5 Å². The van der Waals surface area contributed by atoms with E-state index in [-0.39, 0.29) is 18.9 Å². The number of rotatable bonds is 8. The predicted molar refractivity (Wildman–Crippen MR) is 136 cm³/mol. The molecule has 8 nitrogen and oxygen atoms in total. The number of ether oxygens (including phenoxy) is 3. The van der Waals surface area contributed by atoms with Crippen LogP contribution in [0.1, 0.15) is 31.0 Å². The lowest BCUT2D eigenvalue weighted by atomic mass is 9.83. The van der Waals surface area contributed by atoms with Crippen LogP contribution < -0.4 is 9.47 Å². The Morgan fingerprint density at radius 1 is 1.08 bits per heavy atom. The van der Waals surface area contributed by atoms with Crippen molar-refractivity contribution in [3.8, 4) is 11.5 Å². The van der Waals surface area contributed by atoms with Gasteiger partial charge in [0.1, 0.15) is 24.5 Å². The predicted octanol–water partition coefficient (Wildman–Crippen LogP) is 3.49. The summed E-state index contributed by atoms with van der Waals surface area (Å²) in [6.45, 7) is 5.40. The monoisotopic (exact) mass is 491 g/mol. The zero-order valence-corrected chi connectivity index (χ0v) is 20.9. The second-order valence-corrected chi connectivity index (χ2v) is 9.39. The van der Waals surface area contributed by atoms with E-state index in [2.05, 4.69) is 16.0 Å². The molecule has 5 rings (SSSR count). The number of nitrogens with zero attached hydrogens (tertiary/aromatic N) is 2. The molecule has 1 saturated heterocycles. The molecule has 0 bridgehead atoms. The van der Waals surface area contributed by atoms with Gasteiger partial charge in [-0.3, -0.25) is 14.5 Å². The van der Waals surface area contributed by atoms with Crippen LogP contribution in [0.2, 0.25) is 0 Å². The van der Waals surface area contributed by atoms with E-state index < -0.39 is 11.5 Å². The Balaban J connectivity index is 1.43. The summed E-state index contributed by atoms with van der Waals surface area (Å²) in [5, 5.41) is 1.13. The van der Waals surface area contributed by atoms with Gasteiger partial charge in [-0.25, -0.2) is 0 Å². The number of likely N-dealkylation sites (tertiary alicyclic amines) is 1. The van der Waals surface area contributed by atoms with Crippen LogP contribution in [0.5, 0.6) is 11.5 Å². The van der Waals surface area contributed by atoms with Gasteiger partial charge in [-0.05, 0) is 55.7 Å². The number of hydrogen-bond donors (Lipinski definition) is 1. The highest BCUT2D eigenvalue weighted by atomic mass is 16.5. The maximum atomic E-state index is 13.4. The molecule has 1 unspecified atom stereocenters. The molecule has 36 heavy (non-hydrogen) atoms. The average Bonchev–Trinajstić information content (AvgIpc) is 3.47. The summed E-state index contributed by atoms with van der Waals surface area (Å²) in [4.78, 5) is 33.5. The number of carbonyl (C=O) groups excluding carboxylic acids is 2.